The van der Waals surface area contributed by atoms with Crippen LogP contribution >= 0.6 is 0 Å². The highest BCUT2D eigenvalue weighted by molar-refractivity contribution is 7.85. The Hall–Kier alpha value is -2.63. The minimum absolute atomic E-state index is 0.0557. The van der Waals surface area contributed by atoms with E-state index in [0.29, 0.717) is 34.5 Å². The van der Waals surface area contributed by atoms with Crippen LogP contribution in [0.5, 0.6) is 0 Å². The minimum atomic E-state index is -3.47. The molecule has 1 heterocycles. The molecule has 0 fully saturated rings. The van der Waals surface area contributed by atoms with Gasteiger partial charge in [0.25, 0.3) is 10.1 Å². The first kappa shape index (κ1) is 24.4. The van der Waals surface area contributed by atoms with Gasteiger partial charge in [0.1, 0.15) is 11.8 Å². The van der Waals surface area contributed by atoms with Crippen LogP contribution in [-0.2, 0) is 32.5 Å². The Labute approximate surface area is 173 Å². The van der Waals surface area contributed by atoms with Gasteiger partial charge in [-0.05, 0) is 31.4 Å². The zero-order valence-electron chi connectivity index (χ0n) is 17.8. The first-order valence-corrected chi connectivity index (χ1v) is 11.2. The van der Waals surface area contributed by atoms with Gasteiger partial charge in [-0.25, -0.2) is 4.79 Å². The Bertz CT molecular complexity index is 984. The number of esters is 1. The maximum absolute atomic E-state index is 12.4. The third-order valence-corrected chi connectivity index (χ3v) is 4.79. The standard InChI is InChI=1S/C19H22N2O5S.C2H6/c1-5-25-19(22)18-17(16(12-20)13(2)21(18)3)15-8-6-14(7-9-15)10-11-26-27(4,23)24;1-2/h6-9H,5,10-11H2,1-4H3;1-2H3. The molecular formula is C21H28N2O5S. The summed E-state index contributed by atoms with van der Waals surface area (Å²) in [6, 6.07) is 9.41. The molecule has 7 nitrogen and oxygen atoms in total. The molecule has 2 rings (SSSR count). The van der Waals surface area contributed by atoms with Gasteiger partial charge >= 0.3 is 5.97 Å². The predicted octanol–water partition coefficient (Wildman–Crippen LogP) is 3.59. The molecule has 158 valence electrons. The Morgan fingerprint density at radius 2 is 1.79 bits per heavy atom. The highest BCUT2D eigenvalue weighted by Gasteiger charge is 2.25. The molecule has 0 radical (unpaired) electrons. The summed E-state index contributed by atoms with van der Waals surface area (Å²) in [4.78, 5) is 12.4. The highest BCUT2D eigenvalue weighted by atomic mass is 32.2. The first-order valence-electron chi connectivity index (χ1n) is 9.39. The molecule has 2 aromatic rings. The van der Waals surface area contributed by atoms with Crippen molar-refractivity contribution in [3.63, 3.8) is 0 Å². The van der Waals surface area contributed by atoms with Gasteiger partial charge in [0.15, 0.2) is 0 Å². The Morgan fingerprint density at radius 3 is 2.28 bits per heavy atom. The first-order chi connectivity index (χ1) is 13.7. The topological polar surface area (TPSA) is 98.4 Å². The van der Waals surface area contributed by atoms with E-state index in [1.807, 2.05) is 26.0 Å². The van der Waals surface area contributed by atoms with Gasteiger partial charge in [-0.3, -0.25) is 4.18 Å². The summed E-state index contributed by atoms with van der Waals surface area (Å²) in [5.41, 5.74) is 3.57. The Balaban J connectivity index is 0.00000204. The molecule has 0 spiro atoms. The van der Waals surface area contributed by atoms with Gasteiger partial charge < -0.3 is 9.30 Å². The van der Waals surface area contributed by atoms with Crippen LogP contribution in [0.15, 0.2) is 24.3 Å². The molecule has 29 heavy (non-hydrogen) atoms. The predicted molar refractivity (Wildman–Crippen MR) is 112 cm³/mol. The second-order valence-corrected chi connectivity index (χ2v) is 7.69. The van der Waals surface area contributed by atoms with E-state index in [1.165, 1.54) is 0 Å². The monoisotopic (exact) mass is 420 g/mol. The van der Waals surface area contributed by atoms with Crippen LogP contribution in [0, 0.1) is 18.3 Å². The van der Waals surface area contributed by atoms with E-state index >= 15 is 0 Å². The number of carbonyl (C=O) groups excluding carboxylic acids is 1. The number of rotatable bonds is 7. The second-order valence-electron chi connectivity index (χ2n) is 6.05. The van der Waals surface area contributed by atoms with Crippen molar-refractivity contribution in [2.45, 2.75) is 34.1 Å². The summed E-state index contributed by atoms with van der Waals surface area (Å²) in [6.45, 7) is 7.80. The lowest BCUT2D eigenvalue weighted by Gasteiger charge is -2.09. The van der Waals surface area contributed by atoms with E-state index in [9.17, 15) is 18.5 Å². The van der Waals surface area contributed by atoms with E-state index < -0.39 is 16.1 Å². The van der Waals surface area contributed by atoms with Crippen molar-refractivity contribution in [3.05, 3.63) is 46.8 Å². The van der Waals surface area contributed by atoms with E-state index in [-0.39, 0.29) is 13.2 Å². The third-order valence-electron chi connectivity index (χ3n) is 4.20. The lowest BCUT2D eigenvalue weighted by Crippen LogP contribution is -2.11. The molecule has 0 saturated carbocycles. The largest absolute Gasteiger partial charge is 0.461 e. The van der Waals surface area contributed by atoms with E-state index in [2.05, 4.69) is 6.07 Å². The normalized spacial score (nSPS) is 10.7. The molecule has 0 amide bonds. The van der Waals surface area contributed by atoms with Gasteiger partial charge in [-0.2, -0.15) is 13.7 Å². The van der Waals surface area contributed by atoms with Crippen LogP contribution in [0.1, 0.15) is 48.1 Å². The van der Waals surface area contributed by atoms with Crippen molar-refractivity contribution in [3.8, 4) is 17.2 Å². The molecule has 0 aliphatic rings. The minimum Gasteiger partial charge on any atom is -0.461 e. The quantitative estimate of drug-likeness (QED) is 0.501. The number of hydrogen-bond acceptors (Lipinski definition) is 6. The van der Waals surface area contributed by atoms with Gasteiger partial charge in [-0.1, -0.05) is 38.1 Å². The molecule has 0 N–H and O–H groups in total. The number of benzene rings is 1. The highest BCUT2D eigenvalue weighted by Crippen LogP contribution is 2.32. The van der Waals surface area contributed by atoms with Crippen molar-refractivity contribution in [1.29, 1.82) is 5.26 Å². The Morgan fingerprint density at radius 1 is 1.21 bits per heavy atom. The van der Waals surface area contributed by atoms with Crippen molar-refractivity contribution in [2.24, 2.45) is 7.05 Å². The number of ether oxygens (including phenoxy) is 1. The van der Waals surface area contributed by atoms with E-state index in [4.69, 9.17) is 8.92 Å². The van der Waals surface area contributed by atoms with Crippen LogP contribution in [0.3, 0.4) is 0 Å². The van der Waals surface area contributed by atoms with E-state index in [1.54, 1.807) is 37.6 Å². The molecular weight excluding hydrogens is 392 g/mol. The SMILES string of the molecule is CC.CCOC(=O)c1c(-c2ccc(CCOS(C)(=O)=O)cc2)c(C#N)c(C)n1C. The fraction of sp³-hybridized carbons (Fsp3) is 0.429. The summed E-state index contributed by atoms with van der Waals surface area (Å²) in [5.74, 6) is -0.481. The van der Waals surface area contributed by atoms with Crippen molar-refractivity contribution >= 4 is 16.1 Å². The number of hydrogen-bond donors (Lipinski definition) is 0. The van der Waals surface area contributed by atoms with Crippen LogP contribution in [0.4, 0.5) is 0 Å². The summed E-state index contributed by atoms with van der Waals surface area (Å²) in [7, 11) is -1.74. The number of nitriles is 1. The molecule has 0 bridgehead atoms. The zero-order chi connectivity index (χ0) is 22.2. The molecule has 0 aliphatic heterocycles. The Kier molecular flexibility index (Phi) is 9.08. The summed E-state index contributed by atoms with van der Waals surface area (Å²) >= 11 is 0. The lowest BCUT2D eigenvalue weighted by atomic mass is 9.99. The molecule has 0 atom stereocenters. The maximum Gasteiger partial charge on any atom is 0.355 e. The average molecular weight is 421 g/mol. The number of carbonyl (C=O) groups is 1. The van der Waals surface area contributed by atoms with Gasteiger partial charge in [0, 0.05) is 18.3 Å². The number of aromatic nitrogens is 1. The fourth-order valence-corrected chi connectivity index (χ4v) is 3.19. The summed E-state index contributed by atoms with van der Waals surface area (Å²) in [6.07, 6.45) is 1.44. The van der Waals surface area contributed by atoms with Gasteiger partial charge in [-0.15, -0.1) is 0 Å². The fourth-order valence-electron chi connectivity index (χ4n) is 2.81. The van der Waals surface area contributed by atoms with Crippen LogP contribution < -0.4 is 0 Å². The van der Waals surface area contributed by atoms with Crippen LogP contribution in [0.25, 0.3) is 11.1 Å². The van der Waals surface area contributed by atoms with Crippen molar-refractivity contribution < 1.29 is 22.1 Å². The summed E-state index contributed by atoms with van der Waals surface area (Å²) in [5, 5.41) is 9.57. The molecule has 0 saturated heterocycles. The summed E-state index contributed by atoms with van der Waals surface area (Å²) < 4.78 is 33.6. The van der Waals surface area contributed by atoms with Gasteiger partial charge in [0.2, 0.25) is 0 Å². The van der Waals surface area contributed by atoms with Crippen LogP contribution in [0.2, 0.25) is 0 Å². The third kappa shape index (κ3) is 6.17. The maximum atomic E-state index is 12.4. The van der Waals surface area contributed by atoms with E-state index in [0.717, 1.165) is 11.8 Å². The van der Waals surface area contributed by atoms with Crippen molar-refractivity contribution in [1.82, 2.24) is 4.57 Å². The van der Waals surface area contributed by atoms with Gasteiger partial charge in [0.05, 0.1) is 25.0 Å². The molecule has 0 unspecified atom stereocenters. The zero-order valence-corrected chi connectivity index (χ0v) is 18.6. The molecule has 8 heteroatoms. The second kappa shape index (κ2) is 10.8. The van der Waals surface area contributed by atoms with Crippen LogP contribution in [-0.4, -0.2) is 38.4 Å². The number of nitrogens with zero attached hydrogens (tertiary/aromatic N) is 2. The molecule has 0 aliphatic carbocycles. The lowest BCUT2D eigenvalue weighted by molar-refractivity contribution is 0.0516. The molecule has 1 aromatic carbocycles. The average Bonchev–Trinajstić information content (AvgIpc) is 2.94. The smallest absolute Gasteiger partial charge is 0.355 e. The molecule has 1 aromatic heterocycles. The van der Waals surface area contributed by atoms with Crippen molar-refractivity contribution in [2.75, 3.05) is 19.5 Å².